The van der Waals surface area contributed by atoms with E-state index in [0.717, 1.165) is 16.7 Å². The number of nitrogens with zero attached hydrogens (tertiary/aromatic N) is 4. The van der Waals surface area contributed by atoms with Crippen molar-refractivity contribution in [2.75, 3.05) is 0 Å². The van der Waals surface area contributed by atoms with Crippen LogP contribution in [0, 0.1) is 5.92 Å². The zero-order valence-electron chi connectivity index (χ0n) is 18.5. The van der Waals surface area contributed by atoms with Crippen LogP contribution in [-0.2, 0) is 19.3 Å². The van der Waals surface area contributed by atoms with E-state index in [1.165, 1.54) is 23.0 Å². The molecule has 34 heavy (non-hydrogen) atoms. The molecule has 6 nitrogen and oxygen atoms in total. The molecule has 0 saturated heterocycles. The molecule has 0 fully saturated rings. The van der Waals surface area contributed by atoms with Crippen molar-refractivity contribution >= 4 is 22.8 Å². The topological polar surface area (TPSA) is 61.8 Å². The molecular formula is C24H22ClF3N4O2. The summed E-state index contributed by atoms with van der Waals surface area (Å²) < 4.78 is 42.7. The summed E-state index contributed by atoms with van der Waals surface area (Å²) in [6.45, 7) is 4.30. The van der Waals surface area contributed by atoms with Gasteiger partial charge in [-0.3, -0.25) is 9.36 Å². The third kappa shape index (κ3) is 4.52. The number of aromatic nitrogens is 4. The van der Waals surface area contributed by atoms with Gasteiger partial charge >= 0.3 is 11.9 Å². The first-order valence-electron chi connectivity index (χ1n) is 10.7. The molecule has 0 aliphatic rings. The lowest BCUT2D eigenvalue weighted by Gasteiger charge is -2.14. The zero-order chi connectivity index (χ0) is 24.6. The van der Waals surface area contributed by atoms with Crippen LogP contribution < -0.4 is 11.2 Å². The number of alkyl halides is 3. The summed E-state index contributed by atoms with van der Waals surface area (Å²) in [7, 11) is 0. The number of halogens is 4. The van der Waals surface area contributed by atoms with Gasteiger partial charge in [-0.1, -0.05) is 49.7 Å². The molecule has 4 aromatic rings. The molecule has 2 heterocycles. The summed E-state index contributed by atoms with van der Waals surface area (Å²) >= 11 is 6.37. The second-order valence-corrected chi connectivity index (χ2v) is 8.86. The van der Waals surface area contributed by atoms with Gasteiger partial charge in [0.2, 0.25) is 0 Å². The van der Waals surface area contributed by atoms with Gasteiger partial charge in [-0.05, 0) is 42.2 Å². The van der Waals surface area contributed by atoms with Crippen LogP contribution in [0.4, 0.5) is 13.2 Å². The number of fused-ring (bicyclic) bond motifs is 1. The SMILES string of the molecule is CC(C)CCn1c(=O)c2c(ncn2Cc2ccc(C(F)(F)F)cc2)n(-c2ccccc2Cl)c1=O. The maximum Gasteiger partial charge on any atom is 0.416 e. The van der Waals surface area contributed by atoms with Gasteiger partial charge in [-0.15, -0.1) is 0 Å². The van der Waals surface area contributed by atoms with Gasteiger partial charge < -0.3 is 4.57 Å². The molecule has 0 bridgehead atoms. The van der Waals surface area contributed by atoms with Crippen LogP contribution in [0.1, 0.15) is 31.4 Å². The minimum atomic E-state index is -4.44. The smallest absolute Gasteiger partial charge is 0.320 e. The molecule has 4 rings (SSSR count). The lowest BCUT2D eigenvalue weighted by molar-refractivity contribution is -0.137. The highest BCUT2D eigenvalue weighted by atomic mass is 35.5. The molecule has 0 radical (unpaired) electrons. The van der Waals surface area contributed by atoms with Gasteiger partial charge in [0.15, 0.2) is 11.2 Å². The molecule has 0 unspecified atom stereocenters. The average Bonchev–Trinajstić information content (AvgIpc) is 3.18. The lowest BCUT2D eigenvalue weighted by Crippen LogP contribution is -2.40. The van der Waals surface area contributed by atoms with Gasteiger partial charge in [-0.2, -0.15) is 13.2 Å². The van der Waals surface area contributed by atoms with Gasteiger partial charge in [0, 0.05) is 13.1 Å². The fourth-order valence-corrected chi connectivity index (χ4v) is 3.95. The Morgan fingerprint density at radius 1 is 1.03 bits per heavy atom. The van der Waals surface area contributed by atoms with E-state index in [4.69, 9.17) is 11.6 Å². The lowest BCUT2D eigenvalue weighted by atomic mass is 10.1. The van der Waals surface area contributed by atoms with Gasteiger partial charge in [0.05, 0.1) is 22.6 Å². The summed E-state index contributed by atoms with van der Waals surface area (Å²) in [5.74, 6) is 0.257. The maximum atomic E-state index is 13.4. The Labute approximate surface area is 197 Å². The fraction of sp³-hybridized carbons (Fsp3) is 0.292. The van der Waals surface area contributed by atoms with Crippen molar-refractivity contribution in [3.8, 4) is 5.69 Å². The Morgan fingerprint density at radius 3 is 2.32 bits per heavy atom. The first-order chi connectivity index (χ1) is 16.1. The molecule has 2 aromatic heterocycles. The van der Waals surface area contributed by atoms with E-state index >= 15 is 0 Å². The number of para-hydroxylation sites is 1. The molecule has 0 aliphatic heterocycles. The number of benzene rings is 2. The van der Waals surface area contributed by atoms with Gasteiger partial charge in [-0.25, -0.2) is 14.3 Å². The number of rotatable bonds is 6. The summed E-state index contributed by atoms with van der Waals surface area (Å²) in [5, 5.41) is 0.317. The van der Waals surface area contributed by atoms with Crippen LogP contribution in [0.15, 0.2) is 64.4 Å². The third-order valence-corrected chi connectivity index (χ3v) is 5.88. The predicted octanol–water partition coefficient (Wildman–Crippen LogP) is 5.12. The molecule has 0 atom stereocenters. The summed E-state index contributed by atoms with van der Waals surface area (Å²) in [6.07, 6.45) is -2.42. The molecule has 0 N–H and O–H groups in total. The van der Waals surface area contributed by atoms with Crippen molar-refractivity contribution in [1.82, 2.24) is 18.7 Å². The van der Waals surface area contributed by atoms with E-state index < -0.39 is 23.0 Å². The van der Waals surface area contributed by atoms with Crippen molar-refractivity contribution in [3.05, 3.63) is 91.8 Å². The molecule has 0 aliphatic carbocycles. The van der Waals surface area contributed by atoms with E-state index in [9.17, 15) is 22.8 Å². The normalized spacial score (nSPS) is 12.1. The van der Waals surface area contributed by atoms with E-state index in [1.807, 2.05) is 13.8 Å². The quantitative estimate of drug-likeness (QED) is 0.377. The van der Waals surface area contributed by atoms with Crippen LogP contribution in [0.3, 0.4) is 0 Å². The third-order valence-electron chi connectivity index (χ3n) is 5.56. The number of hydrogen-bond acceptors (Lipinski definition) is 3. The molecule has 178 valence electrons. The van der Waals surface area contributed by atoms with Crippen molar-refractivity contribution in [2.45, 2.75) is 39.5 Å². The molecular weight excluding hydrogens is 469 g/mol. The Kier molecular flexibility index (Phi) is 6.40. The van der Waals surface area contributed by atoms with Gasteiger partial charge in [0.25, 0.3) is 5.56 Å². The number of imidazole rings is 1. The Balaban J connectivity index is 1.89. The first-order valence-corrected chi connectivity index (χ1v) is 11.1. The highest BCUT2D eigenvalue weighted by molar-refractivity contribution is 6.32. The second kappa shape index (κ2) is 9.13. The minimum Gasteiger partial charge on any atom is -0.320 e. The van der Waals surface area contributed by atoms with Gasteiger partial charge in [0.1, 0.15) is 0 Å². The Bertz CT molecular complexity index is 1450. The van der Waals surface area contributed by atoms with Crippen LogP contribution in [0.5, 0.6) is 0 Å². The molecule has 0 amide bonds. The van der Waals surface area contributed by atoms with Crippen molar-refractivity contribution < 1.29 is 13.2 Å². The molecule has 10 heteroatoms. The fourth-order valence-electron chi connectivity index (χ4n) is 3.73. The largest absolute Gasteiger partial charge is 0.416 e. The van der Waals surface area contributed by atoms with E-state index in [0.29, 0.717) is 22.7 Å². The molecule has 2 aromatic carbocycles. The van der Waals surface area contributed by atoms with Crippen LogP contribution in [-0.4, -0.2) is 18.7 Å². The van der Waals surface area contributed by atoms with Crippen LogP contribution in [0.2, 0.25) is 5.02 Å². The highest BCUT2D eigenvalue weighted by Gasteiger charge is 2.30. The van der Waals surface area contributed by atoms with Crippen molar-refractivity contribution in [1.29, 1.82) is 0 Å². The Morgan fingerprint density at radius 2 is 1.71 bits per heavy atom. The monoisotopic (exact) mass is 490 g/mol. The number of hydrogen-bond donors (Lipinski definition) is 0. The first kappa shape index (κ1) is 23.8. The second-order valence-electron chi connectivity index (χ2n) is 8.45. The van der Waals surface area contributed by atoms with Crippen molar-refractivity contribution in [3.63, 3.8) is 0 Å². The average molecular weight is 491 g/mol. The minimum absolute atomic E-state index is 0.106. The van der Waals surface area contributed by atoms with E-state index in [1.54, 1.807) is 28.8 Å². The van der Waals surface area contributed by atoms with Crippen LogP contribution >= 0.6 is 11.6 Å². The molecule has 0 spiro atoms. The summed E-state index contributed by atoms with van der Waals surface area (Å²) in [5.41, 5.74) is -0.568. The maximum absolute atomic E-state index is 13.4. The predicted molar refractivity (Wildman–Crippen MR) is 125 cm³/mol. The Hall–Kier alpha value is -3.33. The van der Waals surface area contributed by atoms with E-state index in [2.05, 4.69) is 4.98 Å². The van der Waals surface area contributed by atoms with E-state index in [-0.39, 0.29) is 30.2 Å². The summed E-state index contributed by atoms with van der Waals surface area (Å²) in [4.78, 5) is 31.1. The van der Waals surface area contributed by atoms with Crippen molar-refractivity contribution in [2.24, 2.45) is 5.92 Å². The standard InChI is InChI=1S/C24H22ClF3N4O2/c1-15(2)11-12-31-22(33)20-21(32(23(31)34)19-6-4-3-5-18(19)25)29-14-30(20)13-16-7-9-17(10-8-16)24(26,27)28/h3-10,14-15H,11-13H2,1-2H3. The zero-order valence-corrected chi connectivity index (χ0v) is 19.3. The highest BCUT2D eigenvalue weighted by Crippen LogP contribution is 2.29. The molecule has 0 saturated carbocycles. The van der Waals surface area contributed by atoms with Crippen LogP contribution in [0.25, 0.3) is 16.9 Å². The summed E-state index contributed by atoms with van der Waals surface area (Å²) in [6, 6.07) is 11.5.